The number of aryl methyl sites for hydroxylation is 1. The molecular formula is C30H38N4O4S2. The molecule has 0 radical (unpaired) electrons. The fraction of sp³-hybridized carbons (Fsp3) is 0.467. The number of anilines is 1. The Balaban J connectivity index is 1.41. The lowest BCUT2D eigenvalue weighted by Gasteiger charge is -2.19. The fourth-order valence-electron chi connectivity index (χ4n) is 4.59. The zero-order chi connectivity index (χ0) is 28.7. The number of esters is 1. The number of allylic oxidation sites excluding steroid dienone is 1. The average molecular weight is 583 g/mol. The number of aromatic nitrogens is 3. The second-order valence-electron chi connectivity index (χ2n) is 10.7. The molecule has 1 aromatic carbocycles. The highest BCUT2D eigenvalue weighted by atomic mass is 32.2. The predicted octanol–water partition coefficient (Wildman–Crippen LogP) is 6.58. The van der Waals surface area contributed by atoms with Gasteiger partial charge in [0, 0.05) is 11.4 Å². The molecule has 0 unspecified atom stereocenters. The van der Waals surface area contributed by atoms with E-state index in [-0.39, 0.29) is 29.7 Å². The maximum Gasteiger partial charge on any atom is 0.341 e. The van der Waals surface area contributed by atoms with E-state index in [1.807, 2.05) is 16.7 Å². The van der Waals surface area contributed by atoms with Crippen LogP contribution in [0.2, 0.25) is 0 Å². The number of rotatable bonds is 11. The van der Waals surface area contributed by atoms with E-state index >= 15 is 0 Å². The zero-order valence-corrected chi connectivity index (χ0v) is 25.4. The van der Waals surface area contributed by atoms with E-state index in [2.05, 4.69) is 55.0 Å². The molecule has 1 aliphatic rings. The molecule has 2 heterocycles. The second-order valence-corrected chi connectivity index (χ2v) is 12.7. The van der Waals surface area contributed by atoms with Crippen LogP contribution in [-0.4, -0.2) is 39.0 Å². The first-order valence-electron chi connectivity index (χ1n) is 13.7. The Hall–Kier alpha value is -3.11. The molecule has 1 amide bonds. The SMILES string of the molecule is C=CCn1c(COc2ccc(C(C)(C)C)cc2)nnc1SCC(=O)Nc1sc2c(c1C(=O)OCC)CCCCC2. The standard InChI is InChI=1S/C30H38N4O4S2/c1-6-17-34-24(18-38-21-15-13-20(14-16-21)30(3,4)5)32-33-29(34)39-19-25(35)31-27-26(28(36)37-7-2)22-11-9-8-10-12-23(22)40-27/h6,13-16H,1,7-12,17-19H2,2-5H3,(H,31,35). The van der Waals surface area contributed by atoms with Crippen LogP contribution in [0.3, 0.4) is 0 Å². The van der Waals surface area contributed by atoms with Crippen LogP contribution in [0.25, 0.3) is 0 Å². The number of nitrogens with one attached hydrogen (secondary N) is 1. The Kier molecular flexibility index (Phi) is 10.1. The molecule has 2 aromatic heterocycles. The van der Waals surface area contributed by atoms with Gasteiger partial charge in [-0.2, -0.15) is 0 Å². The van der Waals surface area contributed by atoms with Gasteiger partial charge in [-0.1, -0.05) is 57.2 Å². The maximum absolute atomic E-state index is 13.0. The van der Waals surface area contributed by atoms with Gasteiger partial charge in [0.2, 0.25) is 5.91 Å². The largest absolute Gasteiger partial charge is 0.486 e. The zero-order valence-electron chi connectivity index (χ0n) is 23.7. The van der Waals surface area contributed by atoms with Crippen molar-refractivity contribution in [2.24, 2.45) is 0 Å². The quantitative estimate of drug-likeness (QED) is 0.118. The number of thioether (sulfide) groups is 1. The van der Waals surface area contributed by atoms with Gasteiger partial charge in [-0.05, 0) is 61.3 Å². The van der Waals surface area contributed by atoms with Gasteiger partial charge in [-0.25, -0.2) is 4.79 Å². The summed E-state index contributed by atoms with van der Waals surface area (Å²) >= 11 is 2.78. The molecule has 0 aliphatic heterocycles. The normalized spacial score (nSPS) is 13.3. The van der Waals surface area contributed by atoms with E-state index in [1.54, 1.807) is 13.0 Å². The fourth-order valence-corrected chi connectivity index (χ4v) is 6.65. The van der Waals surface area contributed by atoms with Crippen LogP contribution < -0.4 is 10.1 Å². The van der Waals surface area contributed by atoms with Gasteiger partial charge in [0.1, 0.15) is 17.4 Å². The second kappa shape index (κ2) is 13.5. The minimum absolute atomic E-state index is 0.0731. The van der Waals surface area contributed by atoms with E-state index in [9.17, 15) is 9.59 Å². The topological polar surface area (TPSA) is 95.3 Å². The minimum Gasteiger partial charge on any atom is -0.486 e. The summed E-state index contributed by atoms with van der Waals surface area (Å²) in [6.45, 7) is 13.2. The van der Waals surface area contributed by atoms with E-state index in [0.29, 0.717) is 34.7 Å². The lowest BCUT2D eigenvalue weighted by Crippen LogP contribution is -2.17. The lowest BCUT2D eigenvalue weighted by molar-refractivity contribution is -0.113. The number of carbonyl (C=O) groups is 2. The molecule has 0 spiro atoms. The van der Waals surface area contributed by atoms with Crippen molar-refractivity contribution in [3.05, 3.63) is 64.3 Å². The molecule has 0 atom stereocenters. The molecule has 0 saturated heterocycles. The number of carbonyl (C=O) groups excluding carboxylic acids is 2. The van der Waals surface area contributed by atoms with Crippen LogP contribution in [0.4, 0.5) is 5.00 Å². The number of amides is 1. The number of hydrogen-bond acceptors (Lipinski definition) is 8. The Bertz CT molecular complexity index is 1340. The molecule has 40 heavy (non-hydrogen) atoms. The number of ether oxygens (including phenoxy) is 2. The van der Waals surface area contributed by atoms with Crippen molar-refractivity contribution in [1.82, 2.24) is 14.8 Å². The van der Waals surface area contributed by atoms with Gasteiger partial charge < -0.3 is 14.8 Å². The van der Waals surface area contributed by atoms with Crippen molar-refractivity contribution in [3.8, 4) is 5.75 Å². The Morgan fingerprint density at radius 3 is 2.60 bits per heavy atom. The van der Waals surface area contributed by atoms with Crippen molar-refractivity contribution in [1.29, 1.82) is 0 Å². The van der Waals surface area contributed by atoms with Gasteiger partial charge in [0.25, 0.3) is 0 Å². The smallest absolute Gasteiger partial charge is 0.341 e. The predicted molar refractivity (Wildman–Crippen MR) is 161 cm³/mol. The Morgan fingerprint density at radius 1 is 1.15 bits per heavy atom. The van der Waals surface area contributed by atoms with Gasteiger partial charge >= 0.3 is 5.97 Å². The summed E-state index contributed by atoms with van der Waals surface area (Å²) < 4.78 is 13.2. The average Bonchev–Trinajstić information content (AvgIpc) is 3.37. The van der Waals surface area contributed by atoms with Crippen molar-refractivity contribution in [2.75, 3.05) is 17.7 Å². The third-order valence-corrected chi connectivity index (χ3v) is 8.85. The molecule has 0 bridgehead atoms. The van der Waals surface area contributed by atoms with E-state index in [0.717, 1.165) is 43.4 Å². The van der Waals surface area contributed by atoms with Crippen LogP contribution in [0, 0.1) is 0 Å². The van der Waals surface area contributed by atoms with E-state index < -0.39 is 0 Å². The molecule has 10 heteroatoms. The molecule has 8 nitrogen and oxygen atoms in total. The van der Waals surface area contributed by atoms with Crippen LogP contribution in [0.15, 0.2) is 42.1 Å². The monoisotopic (exact) mass is 582 g/mol. The number of fused-ring (bicyclic) bond motifs is 1. The maximum atomic E-state index is 13.0. The van der Waals surface area contributed by atoms with Crippen molar-refractivity contribution >= 4 is 40.0 Å². The summed E-state index contributed by atoms with van der Waals surface area (Å²) in [6, 6.07) is 8.07. The molecule has 0 fully saturated rings. The van der Waals surface area contributed by atoms with Gasteiger partial charge in [-0.15, -0.1) is 28.1 Å². The highest BCUT2D eigenvalue weighted by Gasteiger charge is 2.27. The van der Waals surface area contributed by atoms with Crippen LogP contribution in [-0.2, 0) is 40.9 Å². The van der Waals surface area contributed by atoms with Crippen LogP contribution in [0.5, 0.6) is 5.75 Å². The molecule has 3 aromatic rings. The first-order valence-corrected chi connectivity index (χ1v) is 15.5. The van der Waals surface area contributed by atoms with Crippen LogP contribution >= 0.6 is 23.1 Å². The number of benzene rings is 1. The summed E-state index contributed by atoms with van der Waals surface area (Å²) in [6.07, 6.45) is 6.79. The highest BCUT2D eigenvalue weighted by Crippen LogP contribution is 2.38. The molecular weight excluding hydrogens is 544 g/mol. The minimum atomic E-state index is -0.367. The van der Waals surface area contributed by atoms with Crippen molar-refractivity contribution in [2.45, 2.75) is 83.5 Å². The summed E-state index contributed by atoms with van der Waals surface area (Å²) in [4.78, 5) is 27.0. The van der Waals surface area contributed by atoms with Crippen molar-refractivity contribution < 1.29 is 19.1 Å². The summed E-state index contributed by atoms with van der Waals surface area (Å²) in [7, 11) is 0. The molecule has 0 saturated carbocycles. The van der Waals surface area contributed by atoms with E-state index in [1.165, 1.54) is 33.5 Å². The molecule has 1 N–H and O–H groups in total. The van der Waals surface area contributed by atoms with E-state index in [4.69, 9.17) is 9.47 Å². The number of thiophene rings is 1. The summed E-state index contributed by atoms with van der Waals surface area (Å²) in [5, 5.41) is 12.8. The molecule has 1 aliphatic carbocycles. The first-order chi connectivity index (χ1) is 19.2. The Morgan fingerprint density at radius 2 is 1.90 bits per heavy atom. The summed E-state index contributed by atoms with van der Waals surface area (Å²) in [5.74, 6) is 0.941. The number of nitrogens with zero attached hydrogens (tertiary/aromatic N) is 3. The van der Waals surface area contributed by atoms with Gasteiger partial charge in [0.15, 0.2) is 11.0 Å². The molecule has 214 valence electrons. The third-order valence-electron chi connectivity index (χ3n) is 6.68. The van der Waals surface area contributed by atoms with Gasteiger partial charge in [-0.3, -0.25) is 9.36 Å². The lowest BCUT2D eigenvalue weighted by atomic mass is 9.87. The molecule has 4 rings (SSSR count). The van der Waals surface area contributed by atoms with Crippen LogP contribution in [0.1, 0.15) is 79.1 Å². The van der Waals surface area contributed by atoms with Gasteiger partial charge in [0.05, 0.1) is 17.9 Å². The Labute approximate surface area is 244 Å². The summed E-state index contributed by atoms with van der Waals surface area (Å²) in [5.41, 5.74) is 2.86. The number of hydrogen-bond donors (Lipinski definition) is 1. The highest BCUT2D eigenvalue weighted by molar-refractivity contribution is 7.99. The third kappa shape index (κ3) is 7.34. The first kappa shape index (κ1) is 29.9. The van der Waals surface area contributed by atoms with Crippen molar-refractivity contribution in [3.63, 3.8) is 0 Å².